The molecule has 0 spiro atoms. The van der Waals surface area contributed by atoms with Crippen LogP contribution in [0.2, 0.25) is 5.02 Å². The number of aliphatic hydroxyl groups is 1. The number of hydrogen-bond acceptors (Lipinski definition) is 4. The van der Waals surface area contributed by atoms with Gasteiger partial charge in [-0.2, -0.15) is 5.26 Å². The molecule has 0 saturated heterocycles. The van der Waals surface area contributed by atoms with Gasteiger partial charge in [0.15, 0.2) is 5.69 Å². The van der Waals surface area contributed by atoms with E-state index in [1.165, 1.54) is 0 Å². The molecule has 1 aromatic heterocycles. The molecule has 92 valence electrons. The number of benzene rings is 1. The molecule has 2 rings (SSSR count). The molecule has 0 fully saturated rings. The molecule has 0 bridgehead atoms. The maximum absolute atomic E-state index is 8.97. The van der Waals surface area contributed by atoms with Crippen molar-refractivity contribution in [2.75, 3.05) is 6.61 Å². The van der Waals surface area contributed by atoms with E-state index >= 15 is 0 Å². The Morgan fingerprint density at radius 3 is 2.67 bits per heavy atom. The molecule has 2 aromatic rings. The van der Waals surface area contributed by atoms with Crippen LogP contribution in [0.15, 0.2) is 24.3 Å². The lowest BCUT2D eigenvalue weighted by molar-refractivity contribution is 0.266. The van der Waals surface area contributed by atoms with Gasteiger partial charge in [-0.3, -0.25) is 0 Å². The van der Waals surface area contributed by atoms with Crippen molar-refractivity contribution < 1.29 is 5.11 Å². The third kappa shape index (κ3) is 2.67. The maximum atomic E-state index is 8.97. The van der Waals surface area contributed by atoms with Gasteiger partial charge in [-0.05, 0) is 17.7 Å². The highest BCUT2D eigenvalue weighted by Crippen LogP contribution is 2.15. The molecule has 1 aromatic carbocycles. The fraction of sp³-hybridized carbons (Fsp3) is 0.250. The molecular formula is C12H11ClN4O. The molecule has 0 aliphatic heterocycles. The summed E-state index contributed by atoms with van der Waals surface area (Å²) in [5.41, 5.74) is 2.00. The standard InChI is InChI=1S/C12H11ClN4O/c13-10-3-1-9(2-4-10)7-12-11(8-14)15-16-17(12)5-6-18/h1-4,18H,5-7H2. The number of rotatable bonds is 4. The van der Waals surface area contributed by atoms with Gasteiger partial charge in [0.05, 0.1) is 18.8 Å². The van der Waals surface area contributed by atoms with Crippen LogP contribution in [0.3, 0.4) is 0 Å². The number of aliphatic hydroxyl groups excluding tert-OH is 1. The van der Waals surface area contributed by atoms with E-state index in [0.717, 1.165) is 5.56 Å². The summed E-state index contributed by atoms with van der Waals surface area (Å²) in [5.74, 6) is 0. The lowest BCUT2D eigenvalue weighted by Crippen LogP contribution is -2.09. The number of aromatic nitrogens is 3. The summed E-state index contributed by atoms with van der Waals surface area (Å²) in [6.07, 6.45) is 0.535. The first kappa shape index (κ1) is 12.6. The molecule has 6 heteroatoms. The molecular weight excluding hydrogens is 252 g/mol. The predicted molar refractivity (Wildman–Crippen MR) is 66.1 cm³/mol. The van der Waals surface area contributed by atoms with Crippen molar-refractivity contribution in [1.82, 2.24) is 15.0 Å². The average molecular weight is 263 g/mol. The van der Waals surface area contributed by atoms with Gasteiger partial charge < -0.3 is 5.11 Å². The smallest absolute Gasteiger partial charge is 0.186 e. The minimum atomic E-state index is -0.0398. The Morgan fingerprint density at radius 1 is 1.33 bits per heavy atom. The number of halogens is 1. The Labute approximate surface area is 109 Å². The summed E-state index contributed by atoms with van der Waals surface area (Å²) in [6, 6.07) is 9.37. The highest BCUT2D eigenvalue weighted by atomic mass is 35.5. The molecule has 0 amide bonds. The molecule has 0 saturated carbocycles. The van der Waals surface area contributed by atoms with Gasteiger partial charge in [-0.15, -0.1) is 5.10 Å². The van der Waals surface area contributed by atoms with Crippen molar-refractivity contribution in [3.05, 3.63) is 46.2 Å². The van der Waals surface area contributed by atoms with Gasteiger partial charge in [0, 0.05) is 11.4 Å². The fourth-order valence-electron chi connectivity index (χ4n) is 1.66. The van der Waals surface area contributed by atoms with E-state index in [-0.39, 0.29) is 6.61 Å². The summed E-state index contributed by atoms with van der Waals surface area (Å²) in [6.45, 7) is 0.291. The minimum absolute atomic E-state index is 0.0398. The molecule has 0 aliphatic rings. The summed E-state index contributed by atoms with van der Waals surface area (Å²) < 4.78 is 1.55. The van der Waals surface area contributed by atoms with Crippen molar-refractivity contribution in [3.63, 3.8) is 0 Å². The lowest BCUT2D eigenvalue weighted by Gasteiger charge is -2.05. The summed E-state index contributed by atoms with van der Waals surface area (Å²) >= 11 is 5.82. The number of nitrogens with zero attached hydrogens (tertiary/aromatic N) is 4. The van der Waals surface area contributed by atoms with Crippen molar-refractivity contribution in [2.45, 2.75) is 13.0 Å². The molecule has 5 nitrogen and oxygen atoms in total. The van der Waals surface area contributed by atoms with Crippen LogP contribution in [0.25, 0.3) is 0 Å². The van der Waals surface area contributed by atoms with E-state index in [4.69, 9.17) is 22.0 Å². The van der Waals surface area contributed by atoms with Crippen LogP contribution in [0.1, 0.15) is 17.0 Å². The first-order valence-electron chi connectivity index (χ1n) is 5.42. The van der Waals surface area contributed by atoms with Crippen LogP contribution < -0.4 is 0 Å². The maximum Gasteiger partial charge on any atom is 0.186 e. The average Bonchev–Trinajstić information content (AvgIpc) is 2.75. The van der Waals surface area contributed by atoms with Gasteiger partial charge >= 0.3 is 0 Å². The van der Waals surface area contributed by atoms with E-state index < -0.39 is 0 Å². The molecule has 0 radical (unpaired) electrons. The van der Waals surface area contributed by atoms with E-state index in [2.05, 4.69) is 10.3 Å². The van der Waals surface area contributed by atoms with Gasteiger partial charge in [-0.25, -0.2) is 4.68 Å². The Kier molecular flexibility index (Phi) is 3.92. The second kappa shape index (κ2) is 5.63. The predicted octanol–water partition coefficient (Wildman–Crippen LogP) is 1.39. The van der Waals surface area contributed by atoms with Gasteiger partial charge in [-0.1, -0.05) is 28.9 Å². The van der Waals surface area contributed by atoms with E-state index in [1.54, 1.807) is 16.8 Å². The largest absolute Gasteiger partial charge is 0.394 e. The monoisotopic (exact) mass is 262 g/mol. The minimum Gasteiger partial charge on any atom is -0.394 e. The SMILES string of the molecule is N#Cc1nnn(CCO)c1Cc1ccc(Cl)cc1. The zero-order chi connectivity index (χ0) is 13.0. The molecule has 0 unspecified atom stereocenters. The molecule has 1 heterocycles. The van der Waals surface area contributed by atoms with Crippen molar-refractivity contribution in [1.29, 1.82) is 5.26 Å². The topological polar surface area (TPSA) is 74.7 Å². The van der Waals surface area contributed by atoms with Crippen LogP contribution in [-0.4, -0.2) is 26.7 Å². The number of hydrogen-bond donors (Lipinski definition) is 1. The third-order valence-corrected chi connectivity index (χ3v) is 2.79. The van der Waals surface area contributed by atoms with Crippen LogP contribution in [0.4, 0.5) is 0 Å². The van der Waals surface area contributed by atoms with Crippen molar-refractivity contribution >= 4 is 11.6 Å². The summed E-state index contributed by atoms with van der Waals surface area (Å²) in [4.78, 5) is 0. The zero-order valence-electron chi connectivity index (χ0n) is 9.54. The third-order valence-electron chi connectivity index (χ3n) is 2.54. The lowest BCUT2D eigenvalue weighted by atomic mass is 10.1. The van der Waals surface area contributed by atoms with Gasteiger partial charge in [0.25, 0.3) is 0 Å². The molecule has 0 atom stereocenters. The highest BCUT2D eigenvalue weighted by Gasteiger charge is 2.12. The Bertz CT molecular complexity index is 571. The van der Waals surface area contributed by atoms with Crippen LogP contribution in [0.5, 0.6) is 0 Å². The summed E-state index contributed by atoms with van der Waals surface area (Å²) in [5, 5.41) is 26.2. The number of nitriles is 1. The van der Waals surface area contributed by atoms with Gasteiger partial charge in [0.1, 0.15) is 6.07 Å². The van der Waals surface area contributed by atoms with Crippen molar-refractivity contribution in [3.8, 4) is 6.07 Å². The molecule has 1 N–H and O–H groups in total. The van der Waals surface area contributed by atoms with Crippen molar-refractivity contribution in [2.24, 2.45) is 0 Å². The van der Waals surface area contributed by atoms with Crippen LogP contribution >= 0.6 is 11.6 Å². The Balaban J connectivity index is 2.29. The van der Waals surface area contributed by atoms with E-state index in [1.807, 2.05) is 18.2 Å². The van der Waals surface area contributed by atoms with Crippen LogP contribution in [0, 0.1) is 11.3 Å². The Morgan fingerprint density at radius 2 is 2.06 bits per heavy atom. The normalized spacial score (nSPS) is 10.3. The first-order chi connectivity index (χ1) is 8.74. The second-order valence-electron chi connectivity index (χ2n) is 3.75. The Hall–Kier alpha value is -1.90. The summed E-state index contributed by atoms with van der Waals surface area (Å²) in [7, 11) is 0. The quantitative estimate of drug-likeness (QED) is 0.903. The van der Waals surface area contributed by atoms with Crippen LogP contribution in [-0.2, 0) is 13.0 Å². The molecule has 0 aliphatic carbocycles. The second-order valence-corrected chi connectivity index (χ2v) is 4.18. The first-order valence-corrected chi connectivity index (χ1v) is 5.80. The zero-order valence-corrected chi connectivity index (χ0v) is 10.3. The fourth-order valence-corrected chi connectivity index (χ4v) is 1.79. The highest BCUT2D eigenvalue weighted by molar-refractivity contribution is 6.30. The van der Waals surface area contributed by atoms with E-state index in [0.29, 0.717) is 29.4 Å². The molecule has 18 heavy (non-hydrogen) atoms. The van der Waals surface area contributed by atoms with Gasteiger partial charge in [0.2, 0.25) is 0 Å². The van der Waals surface area contributed by atoms with E-state index in [9.17, 15) is 0 Å².